The van der Waals surface area contributed by atoms with Crippen molar-refractivity contribution in [2.45, 2.75) is 50.6 Å². The minimum absolute atomic E-state index is 0.175. The molecular formula is C21H29F2N7O2. The Morgan fingerprint density at radius 2 is 2.00 bits per heavy atom. The summed E-state index contributed by atoms with van der Waals surface area (Å²) in [6, 6.07) is -1.05. The molecule has 9 nitrogen and oxygen atoms in total. The fraction of sp³-hybridized carbons (Fsp3) is 0.619. The highest BCUT2D eigenvalue weighted by molar-refractivity contribution is 5.99. The number of aliphatic imine (C=N–C) groups is 1. The molecule has 1 unspecified atom stereocenters. The number of morpholine rings is 1. The van der Waals surface area contributed by atoms with Gasteiger partial charge in [0.15, 0.2) is 5.82 Å². The Balaban J connectivity index is 1.33. The highest BCUT2D eigenvalue weighted by Crippen LogP contribution is 2.27. The van der Waals surface area contributed by atoms with Crippen molar-refractivity contribution in [2.75, 3.05) is 32.8 Å². The fourth-order valence-corrected chi connectivity index (χ4v) is 4.72. The predicted molar refractivity (Wildman–Crippen MR) is 114 cm³/mol. The second-order valence-electron chi connectivity index (χ2n) is 8.57. The summed E-state index contributed by atoms with van der Waals surface area (Å²) in [6.07, 6.45) is 8.00. The van der Waals surface area contributed by atoms with Gasteiger partial charge >= 0.3 is 0 Å². The number of alkyl halides is 2. The van der Waals surface area contributed by atoms with Crippen LogP contribution in [0.4, 0.5) is 8.78 Å². The van der Waals surface area contributed by atoms with Crippen LogP contribution in [0, 0.1) is 0 Å². The molecule has 32 heavy (non-hydrogen) atoms. The molecule has 0 aromatic rings. The van der Waals surface area contributed by atoms with Crippen molar-refractivity contribution in [1.82, 2.24) is 31.1 Å². The van der Waals surface area contributed by atoms with Crippen LogP contribution < -0.4 is 16.2 Å². The van der Waals surface area contributed by atoms with E-state index in [4.69, 9.17) is 4.74 Å². The normalized spacial score (nSPS) is 26.6. The first kappa shape index (κ1) is 21.4. The topological polar surface area (TPSA) is 84.5 Å². The van der Waals surface area contributed by atoms with E-state index in [0.717, 1.165) is 44.6 Å². The number of carbonyl (C=O) groups is 1. The average Bonchev–Trinajstić information content (AvgIpc) is 3.44. The van der Waals surface area contributed by atoms with Crippen LogP contribution in [0.15, 0.2) is 40.6 Å². The lowest BCUT2D eigenvalue weighted by molar-refractivity contribution is -0.117. The molecule has 174 valence electrons. The molecule has 1 saturated heterocycles. The summed E-state index contributed by atoms with van der Waals surface area (Å²) < 4.78 is 32.8. The van der Waals surface area contributed by atoms with Crippen LogP contribution in [0.1, 0.15) is 32.1 Å². The van der Waals surface area contributed by atoms with Crippen LogP contribution >= 0.6 is 0 Å². The van der Waals surface area contributed by atoms with E-state index in [1.165, 1.54) is 6.42 Å². The van der Waals surface area contributed by atoms with Gasteiger partial charge in [-0.15, -0.1) is 0 Å². The Kier molecular flexibility index (Phi) is 6.11. The maximum Gasteiger partial charge on any atom is 0.261 e. The van der Waals surface area contributed by atoms with Gasteiger partial charge in [0, 0.05) is 38.1 Å². The van der Waals surface area contributed by atoms with Crippen molar-refractivity contribution < 1.29 is 18.3 Å². The van der Waals surface area contributed by atoms with Crippen molar-refractivity contribution in [3.05, 3.63) is 35.6 Å². The average molecular weight is 450 g/mol. The molecule has 4 heterocycles. The maximum absolute atomic E-state index is 13.7. The van der Waals surface area contributed by atoms with Gasteiger partial charge in [0.1, 0.15) is 11.9 Å². The Morgan fingerprint density at radius 1 is 1.22 bits per heavy atom. The van der Waals surface area contributed by atoms with Gasteiger partial charge in [-0.3, -0.25) is 9.80 Å². The lowest BCUT2D eigenvalue weighted by Crippen LogP contribution is -2.47. The summed E-state index contributed by atoms with van der Waals surface area (Å²) in [4.78, 5) is 19.9. The van der Waals surface area contributed by atoms with Gasteiger partial charge in [-0.2, -0.15) is 0 Å². The van der Waals surface area contributed by atoms with Crippen molar-refractivity contribution >= 4 is 11.7 Å². The van der Waals surface area contributed by atoms with E-state index in [2.05, 4.69) is 26.1 Å². The number of halogens is 2. The highest BCUT2D eigenvalue weighted by atomic mass is 19.3. The van der Waals surface area contributed by atoms with E-state index in [1.54, 1.807) is 16.2 Å². The number of rotatable bonds is 4. The Hall–Kier alpha value is -2.50. The third kappa shape index (κ3) is 4.24. The first-order chi connectivity index (χ1) is 15.6. The SMILES string of the molecule is O=C(NC1=CN(C2CCCCC2)NC1C(F)F)C1=C2N=C(N3CCOCC3)C=CN2NC1. The van der Waals surface area contributed by atoms with Crippen LogP contribution in [-0.2, 0) is 9.53 Å². The molecule has 2 fully saturated rings. The van der Waals surface area contributed by atoms with Gasteiger partial charge in [-0.1, -0.05) is 19.3 Å². The second kappa shape index (κ2) is 9.16. The molecule has 0 radical (unpaired) electrons. The van der Waals surface area contributed by atoms with E-state index < -0.39 is 18.4 Å². The third-order valence-electron chi connectivity index (χ3n) is 6.51. The van der Waals surface area contributed by atoms with Crippen molar-refractivity contribution in [3.63, 3.8) is 0 Å². The Labute approximate surface area is 185 Å². The highest BCUT2D eigenvalue weighted by Gasteiger charge is 2.37. The minimum atomic E-state index is -2.63. The van der Waals surface area contributed by atoms with Gasteiger partial charge in [-0.25, -0.2) is 24.6 Å². The lowest BCUT2D eigenvalue weighted by atomic mass is 9.95. The molecule has 0 bridgehead atoms. The summed E-state index contributed by atoms with van der Waals surface area (Å²) in [5.74, 6) is 0.847. The molecule has 11 heteroatoms. The number of nitrogens with one attached hydrogen (secondary N) is 3. The predicted octanol–water partition coefficient (Wildman–Crippen LogP) is 1.02. The van der Waals surface area contributed by atoms with Gasteiger partial charge < -0.3 is 20.0 Å². The van der Waals surface area contributed by atoms with Crippen LogP contribution in [0.25, 0.3) is 0 Å². The zero-order chi connectivity index (χ0) is 22.1. The summed E-state index contributed by atoms with van der Waals surface area (Å²) in [5.41, 5.74) is 6.61. The minimum Gasteiger partial charge on any atom is -0.378 e. The molecule has 3 N–H and O–H groups in total. The quantitative estimate of drug-likeness (QED) is 0.591. The van der Waals surface area contributed by atoms with E-state index in [0.29, 0.717) is 24.6 Å². The molecule has 1 amide bonds. The lowest BCUT2D eigenvalue weighted by Gasteiger charge is -2.31. The van der Waals surface area contributed by atoms with Crippen LogP contribution in [0.2, 0.25) is 0 Å². The number of amidine groups is 1. The fourth-order valence-electron chi connectivity index (χ4n) is 4.72. The van der Waals surface area contributed by atoms with Gasteiger partial charge in [0.25, 0.3) is 12.3 Å². The molecule has 1 saturated carbocycles. The number of hydrogen-bond acceptors (Lipinski definition) is 8. The smallest absolute Gasteiger partial charge is 0.261 e. The number of fused-ring (bicyclic) bond motifs is 1. The molecule has 0 aromatic carbocycles. The van der Waals surface area contributed by atoms with E-state index in [9.17, 15) is 13.6 Å². The van der Waals surface area contributed by atoms with E-state index >= 15 is 0 Å². The molecule has 1 aliphatic carbocycles. The molecular weight excluding hydrogens is 420 g/mol. The second-order valence-corrected chi connectivity index (χ2v) is 8.57. The molecule has 1 atom stereocenters. The van der Waals surface area contributed by atoms with E-state index in [1.807, 2.05) is 12.3 Å². The third-order valence-corrected chi connectivity index (χ3v) is 6.51. The molecule has 5 aliphatic rings. The molecule has 4 aliphatic heterocycles. The van der Waals surface area contributed by atoms with Gasteiger partial charge in [0.2, 0.25) is 0 Å². The molecule has 0 spiro atoms. The van der Waals surface area contributed by atoms with Gasteiger partial charge in [0.05, 0.1) is 24.5 Å². The number of amides is 1. The molecule has 5 rings (SSSR count). The van der Waals surface area contributed by atoms with Gasteiger partial charge in [-0.05, 0) is 18.9 Å². The number of hydrogen-bond donors (Lipinski definition) is 3. The number of ether oxygens (including phenoxy) is 1. The first-order valence-corrected chi connectivity index (χ1v) is 11.3. The maximum atomic E-state index is 13.7. The van der Waals surface area contributed by atoms with Crippen molar-refractivity contribution in [1.29, 1.82) is 0 Å². The summed E-state index contributed by atoms with van der Waals surface area (Å²) in [6.45, 7) is 3.01. The largest absolute Gasteiger partial charge is 0.378 e. The standard InChI is InChI=1S/C21H29F2N7O2/c22-19(23)18-16(13-30(27-18)14-4-2-1-3-5-14)25-21(31)15-12-24-29-7-6-17(26-20(15)29)28-8-10-32-11-9-28/h6-7,13-14,18-19,24,27H,1-5,8-12H2,(H,25,31). The van der Waals surface area contributed by atoms with Crippen LogP contribution in [-0.4, -0.2) is 78.0 Å². The Morgan fingerprint density at radius 3 is 2.75 bits per heavy atom. The van der Waals surface area contributed by atoms with Crippen LogP contribution in [0.5, 0.6) is 0 Å². The number of nitrogens with zero attached hydrogens (tertiary/aromatic N) is 4. The van der Waals surface area contributed by atoms with E-state index in [-0.39, 0.29) is 18.3 Å². The zero-order valence-corrected chi connectivity index (χ0v) is 17.9. The first-order valence-electron chi connectivity index (χ1n) is 11.3. The van der Waals surface area contributed by atoms with Crippen LogP contribution in [0.3, 0.4) is 0 Å². The summed E-state index contributed by atoms with van der Waals surface area (Å²) in [7, 11) is 0. The summed E-state index contributed by atoms with van der Waals surface area (Å²) in [5, 5.41) is 6.19. The summed E-state index contributed by atoms with van der Waals surface area (Å²) >= 11 is 0. The monoisotopic (exact) mass is 449 g/mol. The zero-order valence-electron chi connectivity index (χ0n) is 17.9. The molecule has 0 aromatic heterocycles. The number of hydrazine groups is 2. The van der Waals surface area contributed by atoms with Crippen molar-refractivity contribution in [2.24, 2.45) is 4.99 Å². The van der Waals surface area contributed by atoms with Crippen molar-refractivity contribution in [3.8, 4) is 0 Å². The number of carbonyl (C=O) groups excluding carboxylic acids is 1. The Bertz CT molecular complexity index is 860.